The lowest BCUT2D eigenvalue weighted by Crippen LogP contribution is -2.39. The molecule has 0 N–H and O–H groups in total. The molecule has 0 saturated carbocycles. The molecular weight excluding hydrogens is 388 g/mol. The minimum Gasteiger partial charge on any atom is -0.356 e. The second-order valence-electron chi connectivity index (χ2n) is 10.4. The van der Waals surface area contributed by atoms with Gasteiger partial charge >= 0.3 is 0 Å². The number of hydrogen-bond acceptors (Lipinski definition) is 2. The van der Waals surface area contributed by atoms with Crippen LogP contribution in [-0.4, -0.2) is 29.1 Å². The third-order valence-corrected chi connectivity index (χ3v) is 7.32. The first-order valence-corrected chi connectivity index (χ1v) is 15.0. The highest BCUT2D eigenvalue weighted by molar-refractivity contribution is 4.96. The van der Waals surface area contributed by atoms with Crippen LogP contribution in [0.3, 0.4) is 0 Å². The Morgan fingerprint density at radius 1 is 0.406 bits per heavy atom. The average Bonchev–Trinajstić information content (AvgIpc) is 3.19. The van der Waals surface area contributed by atoms with Crippen LogP contribution in [0.25, 0.3) is 0 Å². The van der Waals surface area contributed by atoms with Crippen molar-refractivity contribution in [2.75, 3.05) is 13.1 Å². The van der Waals surface area contributed by atoms with Crippen molar-refractivity contribution < 1.29 is 0 Å². The van der Waals surface area contributed by atoms with Gasteiger partial charge in [0, 0.05) is 25.5 Å². The van der Waals surface area contributed by atoms with E-state index in [9.17, 15) is 0 Å². The second-order valence-corrected chi connectivity index (χ2v) is 10.4. The molecule has 0 aliphatic carbocycles. The van der Waals surface area contributed by atoms with Gasteiger partial charge in [-0.25, -0.2) is 0 Å². The highest BCUT2D eigenvalue weighted by Gasteiger charge is 2.24. The van der Waals surface area contributed by atoms with E-state index >= 15 is 0 Å². The molecule has 0 aromatic heterocycles. The third kappa shape index (κ3) is 15.2. The number of nitrogens with zero attached hydrogens (tertiary/aromatic N) is 2. The molecule has 190 valence electrons. The van der Waals surface area contributed by atoms with E-state index in [0.717, 1.165) is 0 Å². The first kappa shape index (κ1) is 29.4. The molecule has 0 saturated heterocycles. The Morgan fingerprint density at radius 3 is 1.19 bits per heavy atom. The summed E-state index contributed by atoms with van der Waals surface area (Å²) in [5.74, 6) is 0. The van der Waals surface area contributed by atoms with Gasteiger partial charge in [0.25, 0.3) is 0 Å². The van der Waals surface area contributed by atoms with E-state index in [0.29, 0.717) is 6.17 Å². The topological polar surface area (TPSA) is 6.48 Å². The molecule has 2 heteroatoms. The summed E-state index contributed by atoms with van der Waals surface area (Å²) in [5, 5.41) is 0. The van der Waals surface area contributed by atoms with Crippen LogP contribution in [0, 0.1) is 0 Å². The number of rotatable bonds is 24. The van der Waals surface area contributed by atoms with Gasteiger partial charge < -0.3 is 9.80 Å². The largest absolute Gasteiger partial charge is 0.356 e. The Balaban J connectivity index is 2.10. The number of unbranched alkanes of at least 4 members (excludes halogenated alkanes) is 18. The minimum atomic E-state index is 0.643. The SMILES string of the molecule is CCCCCCCCCCCCCCCC1N(CCCC)C=CN1CCCCCCCC. The van der Waals surface area contributed by atoms with Gasteiger partial charge in [0.1, 0.15) is 6.17 Å². The van der Waals surface area contributed by atoms with Crippen molar-refractivity contribution in [2.45, 2.75) is 168 Å². The molecule has 0 fully saturated rings. The van der Waals surface area contributed by atoms with Crippen molar-refractivity contribution in [1.29, 1.82) is 0 Å². The van der Waals surface area contributed by atoms with Gasteiger partial charge in [-0.05, 0) is 25.7 Å². The summed E-state index contributed by atoms with van der Waals surface area (Å²) in [4.78, 5) is 5.30. The molecule has 1 unspecified atom stereocenters. The highest BCUT2D eigenvalue weighted by atomic mass is 15.4. The zero-order chi connectivity index (χ0) is 23.1. The van der Waals surface area contributed by atoms with Gasteiger partial charge in [-0.3, -0.25) is 0 Å². The van der Waals surface area contributed by atoms with Crippen molar-refractivity contribution in [3.63, 3.8) is 0 Å². The summed E-state index contributed by atoms with van der Waals surface area (Å²) in [7, 11) is 0. The van der Waals surface area contributed by atoms with Crippen molar-refractivity contribution in [3.05, 3.63) is 12.4 Å². The summed E-state index contributed by atoms with van der Waals surface area (Å²) in [6.45, 7) is 9.42. The van der Waals surface area contributed by atoms with Gasteiger partial charge in [-0.2, -0.15) is 0 Å². The standard InChI is InChI=1S/C30H60N2/c1-4-7-10-12-14-15-16-17-18-19-20-21-23-25-30-31(26-9-6-3)28-29-32(30)27-24-22-13-11-8-5-2/h28-30H,4-27H2,1-3H3. The van der Waals surface area contributed by atoms with Gasteiger partial charge in [-0.15, -0.1) is 0 Å². The molecule has 2 nitrogen and oxygen atoms in total. The van der Waals surface area contributed by atoms with Crippen LogP contribution in [0.2, 0.25) is 0 Å². The maximum absolute atomic E-state index is 2.66. The predicted octanol–water partition coefficient (Wildman–Crippen LogP) is 10.0. The number of hydrogen-bond donors (Lipinski definition) is 0. The molecule has 32 heavy (non-hydrogen) atoms. The van der Waals surface area contributed by atoms with E-state index in [1.54, 1.807) is 0 Å². The zero-order valence-corrected chi connectivity index (χ0v) is 22.6. The fraction of sp³-hybridized carbons (Fsp3) is 0.933. The fourth-order valence-electron chi connectivity index (χ4n) is 5.10. The second kappa shape index (κ2) is 22.1. The van der Waals surface area contributed by atoms with Crippen LogP contribution in [0.15, 0.2) is 12.4 Å². The van der Waals surface area contributed by atoms with Gasteiger partial charge in [0.05, 0.1) is 0 Å². The Morgan fingerprint density at radius 2 is 0.750 bits per heavy atom. The average molecular weight is 449 g/mol. The molecule has 0 radical (unpaired) electrons. The quantitative estimate of drug-likeness (QED) is 0.135. The van der Waals surface area contributed by atoms with Crippen molar-refractivity contribution in [1.82, 2.24) is 9.80 Å². The summed E-state index contributed by atoms with van der Waals surface area (Å²) in [6.07, 6.45) is 36.6. The van der Waals surface area contributed by atoms with E-state index < -0.39 is 0 Å². The lowest BCUT2D eigenvalue weighted by Gasteiger charge is -2.33. The smallest absolute Gasteiger partial charge is 0.101 e. The van der Waals surface area contributed by atoms with Crippen LogP contribution >= 0.6 is 0 Å². The normalized spacial score (nSPS) is 15.9. The van der Waals surface area contributed by atoms with Crippen LogP contribution in [-0.2, 0) is 0 Å². The van der Waals surface area contributed by atoms with E-state index in [-0.39, 0.29) is 0 Å². The molecule has 0 aromatic rings. The third-order valence-electron chi connectivity index (χ3n) is 7.32. The van der Waals surface area contributed by atoms with Gasteiger partial charge in [0.2, 0.25) is 0 Å². The first-order chi connectivity index (χ1) is 15.8. The van der Waals surface area contributed by atoms with Crippen LogP contribution in [0.5, 0.6) is 0 Å². The lowest BCUT2D eigenvalue weighted by molar-refractivity contribution is 0.136. The van der Waals surface area contributed by atoms with Gasteiger partial charge in [-0.1, -0.05) is 136 Å². The zero-order valence-electron chi connectivity index (χ0n) is 22.6. The van der Waals surface area contributed by atoms with Crippen LogP contribution in [0.4, 0.5) is 0 Å². The molecule has 1 atom stereocenters. The fourth-order valence-corrected chi connectivity index (χ4v) is 5.10. The van der Waals surface area contributed by atoms with Crippen molar-refractivity contribution in [2.24, 2.45) is 0 Å². The maximum atomic E-state index is 2.66. The monoisotopic (exact) mass is 448 g/mol. The highest BCUT2D eigenvalue weighted by Crippen LogP contribution is 2.23. The molecule has 0 aromatic carbocycles. The van der Waals surface area contributed by atoms with Crippen LogP contribution in [0.1, 0.15) is 162 Å². The Bertz CT molecular complexity index is 406. The van der Waals surface area contributed by atoms with E-state index in [1.165, 1.54) is 154 Å². The lowest BCUT2D eigenvalue weighted by atomic mass is 10.0. The molecule has 0 bridgehead atoms. The molecule has 1 aliphatic heterocycles. The van der Waals surface area contributed by atoms with Gasteiger partial charge in [0.15, 0.2) is 0 Å². The van der Waals surface area contributed by atoms with E-state index in [4.69, 9.17) is 0 Å². The minimum absolute atomic E-state index is 0.643. The Hall–Kier alpha value is -0.660. The molecule has 1 rings (SSSR count). The Kier molecular flexibility index (Phi) is 20.3. The summed E-state index contributed by atoms with van der Waals surface area (Å²) < 4.78 is 0. The van der Waals surface area contributed by atoms with E-state index in [2.05, 4.69) is 43.0 Å². The summed E-state index contributed by atoms with van der Waals surface area (Å²) >= 11 is 0. The molecule has 0 spiro atoms. The molecular formula is C30H60N2. The summed E-state index contributed by atoms with van der Waals surface area (Å²) in [5.41, 5.74) is 0. The Labute approximate surface area is 203 Å². The van der Waals surface area contributed by atoms with Crippen LogP contribution < -0.4 is 0 Å². The molecule has 0 amide bonds. The first-order valence-electron chi connectivity index (χ1n) is 15.0. The van der Waals surface area contributed by atoms with Crippen molar-refractivity contribution in [3.8, 4) is 0 Å². The molecule has 1 aliphatic rings. The maximum Gasteiger partial charge on any atom is 0.101 e. The molecule has 1 heterocycles. The van der Waals surface area contributed by atoms with Crippen molar-refractivity contribution >= 4 is 0 Å². The predicted molar refractivity (Wildman–Crippen MR) is 145 cm³/mol. The summed E-state index contributed by atoms with van der Waals surface area (Å²) in [6, 6.07) is 0. The van der Waals surface area contributed by atoms with E-state index in [1.807, 2.05) is 0 Å².